The minimum Gasteiger partial charge on any atom is -0.327 e. The highest BCUT2D eigenvalue weighted by molar-refractivity contribution is 6.30. The normalized spacial score (nSPS) is 15.6. The highest BCUT2D eigenvalue weighted by Crippen LogP contribution is 2.23. The van der Waals surface area contributed by atoms with Crippen molar-refractivity contribution in [1.82, 2.24) is 20.1 Å². The van der Waals surface area contributed by atoms with Gasteiger partial charge in [0.15, 0.2) is 0 Å². The van der Waals surface area contributed by atoms with Gasteiger partial charge >= 0.3 is 6.03 Å². The van der Waals surface area contributed by atoms with Crippen molar-refractivity contribution in [3.05, 3.63) is 64.9 Å². The third-order valence-corrected chi connectivity index (χ3v) is 5.06. The quantitative estimate of drug-likeness (QED) is 0.843. The zero-order valence-corrected chi connectivity index (χ0v) is 15.8. The van der Waals surface area contributed by atoms with Crippen molar-refractivity contribution < 1.29 is 4.79 Å². The van der Waals surface area contributed by atoms with Gasteiger partial charge in [0.25, 0.3) is 0 Å². The molecule has 1 N–H and O–H groups in total. The second kappa shape index (κ2) is 9.01. The molecular formula is C20H25ClN4O. The fraction of sp³-hybridized carbons (Fsp3) is 0.400. The molecule has 1 aromatic carbocycles. The molecule has 2 aromatic rings. The molecule has 1 fully saturated rings. The lowest BCUT2D eigenvalue weighted by Gasteiger charge is -2.26. The summed E-state index contributed by atoms with van der Waals surface area (Å²) in [5, 5.41) is 3.82. The van der Waals surface area contributed by atoms with E-state index in [4.69, 9.17) is 11.6 Å². The molecule has 2 amide bonds. The smallest absolute Gasteiger partial charge is 0.317 e. The molecule has 5 nitrogen and oxygen atoms in total. The number of amides is 2. The average Bonchev–Trinajstić information content (AvgIpc) is 3.19. The first-order chi connectivity index (χ1) is 12.6. The lowest BCUT2D eigenvalue weighted by atomic mass is 10.00. The number of hydrogen-bond donors (Lipinski definition) is 1. The number of carbonyl (C=O) groups is 1. The predicted octanol–water partition coefficient (Wildman–Crippen LogP) is 3.56. The first-order valence-electron chi connectivity index (χ1n) is 9.03. The Kier molecular flexibility index (Phi) is 6.47. The molecule has 0 bridgehead atoms. The summed E-state index contributed by atoms with van der Waals surface area (Å²) < 4.78 is 0. The van der Waals surface area contributed by atoms with E-state index in [-0.39, 0.29) is 12.1 Å². The number of hydrogen-bond acceptors (Lipinski definition) is 3. The second-order valence-corrected chi connectivity index (χ2v) is 7.12. The Morgan fingerprint density at radius 3 is 2.42 bits per heavy atom. The molecule has 1 aliphatic heterocycles. The fourth-order valence-electron chi connectivity index (χ4n) is 3.20. The number of urea groups is 1. The number of carbonyl (C=O) groups excluding carboxylic acids is 1. The molecule has 0 saturated carbocycles. The van der Waals surface area contributed by atoms with E-state index in [1.54, 1.807) is 17.3 Å². The molecule has 1 atom stereocenters. The molecule has 1 aromatic heterocycles. The SMILES string of the molecule is CN(CCN1CCCC1)C(=O)NC(c1ccncc1)c1ccc(Cl)cc1. The zero-order chi connectivity index (χ0) is 18.4. The molecule has 1 saturated heterocycles. The molecule has 3 rings (SSSR count). The van der Waals surface area contributed by atoms with Crippen LogP contribution >= 0.6 is 11.6 Å². The zero-order valence-electron chi connectivity index (χ0n) is 15.1. The fourth-order valence-corrected chi connectivity index (χ4v) is 3.33. The number of nitrogens with one attached hydrogen (secondary N) is 1. The van der Waals surface area contributed by atoms with Crippen LogP contribution in [0.1, 0.15) is 30.0 Å². The number of nitrogens with zero attached hydrogens (tertiary/aromatic N) is 3. The number of aromatic nitrogens is 1. The maximum absolute atomic E-state index is 12.7. The van der Waals surface area contributed by atoms with Crippen LogP contribution in [-0.2, 0) is 0 Å². The Balaban J connectivity index is 1.68. The Labute approximate surface area is 160 Å². The van der Waals surface area contributed by atoms with Crippen LogP contribution in [0.4, 0.5) is 4.79 Å². The van der Waals surface area contributed by atoms with E-state index in [1.807, 2.05) is 43.4 Å². The Bertz CT molecular complexity index is 702. The number of pyridine rings is 1. The standard InChI is InChI=1S/C20H25ClN4O/c1-24(14-15-25-12-2-3-13-25)20(26)23-19(17-8-10-22-11-9-17)16-4-6-18(21)7-5-16/h4-11,19H,2-3,12-15H2,1H3,(H,23,26). The van der Waals surface area contributed by atoms with Gasteiger partial charge in [-0.3, -0.25) is 4.98 Å². The highest BCUT2D eigenvalue weighted by atomic mass is 35.5. The average molecular weight is 373 g/mol. The Morgan fingerprint density at radius 1 is 1.15 bits per heavy atom. The van der Waals surface area contributed by atoms with E-state index in [9.17, 15) is 4.79 Å². The van der Waals surface area contributed by atoms with Gasteiger partial charge in [0.05, 0.1) is 6.04 Å². The van der Waals surface area contributed by atoms with Crippen molar-refractivity contribution in [2.75, 3.05) is 33.2 Å². The predicted molar refractivity (Wildman–Crippen MR) is 104 cm³/mol. The maximum atomic E-state index is 12.7. The summed E-state index contributed by atoms with van der Waals surface area (Å²) in [6, 6.07) is 11.1. The molecule has 0 spiro atoms. The van der Waals surface area contributed by atoms with Crippen LogP contribution in [0.5, 0.6) is 0 Å². The molecule has 26 heavy (non-hydrogen) atoms. The van der Waals surface area contributed by atoms with Crippen LogP contribution in [0.25, 0.3) is 0 Å². The summed E-state index contributed by atoms with van der Waals surface area (Å²) in [5.74, 6) is 0. The van der Waals surface area contributed by atoms with Gasteiger partial charge in [-0.25, -0.2) is 4.79 Å². The summed E-state index contributed by atoms with van der Waals surface area (Å²) in [6.07, 6.45) is 6.00. The molecule has 2 heterocycles. The highest BCUT2D eigenvalue weighted by Gasteiger charge is 2.20. The first-order valence-corrected chi connectivity index (χ1v) is 9.40. The third kappa shape index (κ3) is 4.96. The van der Waals surface area contributed by atoms with Crippen molar-refractivity contribution in [2.24, 2.45) is 0 Å². The van der Waals surface area contributed by atoms with E-state index in [2.05, 4.69) is 15.2 Å². The van der Waals surface area contributed by atoms with Crippen molar-refractivity contribution in [3.63, 3.8) is 0 Å². The van der Waals surface area contributed by atoms with E-state index in [1.165, 1.54) is 12.8 Å². The first kappa shape index (κ1) is 18.7. The van der Waals surface area contributed by atoms with E-state index < -0.39 is 0 Å². The Morgan fingerprint density at radius 2 is 1.77 bits per heavy atom. The summed E-state index contributed by atoms with van der Waals surface area (Å²) in [6.45, 7) is 3.92. The van der Waals surface area contributed by atoms with Crippen molar-refractivity contribution in [1.29, 1.82) is 0 Å². The topological polar surface area (TPSA) is 48.5 Å². The van der Waals surface area contributed by atoms with Crippen LogP contribution in [0.2, 0.25) is 5.02 Å². The lowest BCUT2D eigenvalue weighted by Crippen LogP contribution is -2.42. The minimum absolute atomic E-state index is 0.0824. The molecule has 1 aliphatic rings. The van der Waals surface area contributed by atoms with Crippen LogP contribution in [0.15, 0.2) is 48.8 Å². The van der Waals surface area contributed by atoms with Gasteiger partial charge in [0.1, 0.15) is 0 Å². The van der Waals surface area contributed by atoms with E-state index >= 15 is 0 Å². The van der Waals surface area contributed by atoms with Crippen LogP contribution in [0, 0.1) is 0 Å². The van der Waals surface area contributed by atoms with Gasteiger partial charge in [0.2, 0.25) is 0 Å². The van der Waals surface area contributed by atoms with Gasteiger partial charge in [-0.2, -0.15) is 0 Å². The third-order valence-electron chi connectivity index (χ3n) is 4.81. The number of halogens is 1. The molecule has 138 valence electrons. The number of rotatable bonds is 6. The number of likely N-dealkylation sites (tertiary alicyclic amines) is 1. The van der Waals surface area contributed by atoms with Gasteiger partial charge in [-0.15, -0.1) is 0 Å². The summed E-state index contributed by atoms with van der Waals surface area (Å²) in [5.41, 5.74) is 1.98. The molecule has 6 heteroatoms. The van der Waals surface area contributed by atoms with Crippen molar-refractivity contribution in [2.45, 2.75) is 18.9 Å². The summed E-state index contributed by atoms with van der Waals surface area (Å²) >= 11 is 6.01. The van der Waals surface area contributed by atoms with Crippen LogP contribution in [-0.4, -0.2) is 54.0 Å². The monoisotopic (exact) mass is 372 g/mol. The van der Waals surface area contributed by atoms with Crippen LogP contribution < -0.4 is 5.32 Å². The van der Waals surface area contributed by atoms with E-state index in [0.717, 1.165) is 37.3 Å². The Hall–Kier alpha value is -2.11. The molecule has 0 aliphatic carbocycles. The van der Waals surface area contributed by atoms with Crippen molar-refractivity contribution >= 4 is 17.6 Å². The molecule has 1 unspecified atom stereocenters. The molecular weight excluding hydrogens is 348 g/mol. The van der Waals surface area contributed by atoms with Gasteiger partial charge in [-0.1, -0.05) is 23.7 Å². The van der Waals surface area contributed by atoms with E-state index in [0.29, 0.717) is 5.02 Å². The maximum Gasteiger partial charge on any atom is 0.317 e. The van der Waals surface area contributed by atoms with Gasteiger partial charge in [0, 0.05) is 37.6 Å². The van der Waals surface area contributed by atoms with Crippen molar-refractivity contribution in [3.8, 4) is 0 Å². The number of benzene rings is 1. The minimum atomic E-state index is -0.239. The number of likely N-dealkylation sites (N-methyl/N-ethyl adjacent to an activating group) is 1. The molecule has 0 radical (unpaired) electrons. The van der Waals surface area contributed by atoms with Gasteiger partial charge in [-0.05, 0) is 61.3 Å². The largest absolute Gasteiger partial charge is 0.327 e. The van der Waals surface area contributed by atoms with Gasteiger partial charge < -0.3 is 15.1 Å². The summed E-state index contributed by atoms with van der Waals surface area (Å²) in [7, 11) is 1.84. The summed E-state index contributed by atoms with van der Waals surface area (Å²) in [4.78, 5) is 21.0. The second-order valence-electron chi connectivity index (χ2n) is 6.68. The lowest BCUT2D eigenvalue weighted by molar-refractivity contribution is 0.198. The van der Waals surface area contributed by atoms with Crippen LogP contribution in [0.3, 0.4) is 0 Å².